The SMILES string of the molecule is COCO[C@@H](c1ccc(C)cc1)[C@H](N)CNc1ncc(-c2ccc3cnc(F)cc3c2)s1. The lowest BCUT2D eigenvalue weighted by molar-refractivity contribution is -0.0801. The molecule has 0 saturated carbocycles. The van der Waals surface area contributed by atoms with E-state index in [1.165, 1.54) is 29.2 Å². The number of pyridine rings is 1. The summed E-state index contributed by atoms with van der Waals surface area (Å²) in [6, 6.07) is 15.1. The number of fused-ring (bicyclic) bond motifs is 1. The molecule has 0 aliphatic heterocycles. The van der Waals surface area contributed by atoms with Crippen LogP contribution in [0.5, 0.6) is 0 Å². The minimum Gasteiger partial charge on any atom is -0.360 e. The molecule has 4 aromatic rings. The highest BCUT2D eigenvalue weighted by atomic mass is 32.1. The molecule has 2 aromatic carbocycles. The van der Waals surface area contributed by atoms with E-state index < -0.39 is 5.95 Å². The highest BCUT2D eigenvalue weighted by molar-refractivity contribution is 7.18. The molecule has 4 rings (SSSR count). The molecule has 0 spiro atoms. The Bertz CT molecular complexity index is 1180. The maximum atomic E-state index is 13.5. The van der Waals surface area contributed by atoms with Gasteiger partial charge in [-0.15, -0.1) is 0 Å². The normalized spacial score (nSPS) is 13.2. The van der Waals surface area contributed by atoms with E-state index in [0.29, 0.717) is 6.54 Å². The standard InChI is InChI=1S/C24H25FN4O2S/c1-15-3-5-16(6-4-15)23(31-14-30-2)20(26)12-28-24-29-13-21(32-24)17-7-8-18-11-27-22(25)10-19(18)9-17/h3-11,13,20,23H,12,14,26H2,1-2H3,(H,28,29)/t20-,23+/m1/s1. The van der Waals surface area contributed by atoms with Gasteiger partial charge >= 0.3 is 0 Å². The number of hydrogen-bond donors (Lipinski definition) is 2. The van der Waals surface area contributed by atoms with Crippen LogP contribution in [0.4, 0.5) is 9.52 Å². The van der Waals surface area contributed by atoms with Gasteiger partial charge in [0.15, 0.2) is 5.13 Å². The van der Waals surface area contributed by atoms with Crippen molar-refractivity contribution in [3.63, 3.8) is 0 Å². The van der Waals surface area contributed by atoms with Crippen LogP contribution in [0.1, 0.15) is 17.2 Å². The van der Waals surface area contributed by atoms with Gasteiger partial charge in [0, 0.05) is 37.5 Å². The summed E-state index contributed by atoms with van der Waals surface area (Å²) in [5.74, 6) is -0.492. The van der Waals surface area contributed by atoms with E-state index in [0.717, 1.165) is 31.9 Å². The molecular weight excluding hydrogens is 427 g/mol. The predicted octanol–water partition coefficient (Wildman–Crippen LogP) is 4.91. The number of hydrogen-bond acceptors (Lipinski definition) is 7. The number of halogens is 1. The number of nitrogens with zero attached hydrogens (tertiary/aromatic N) is 2. The predicted molar refractivity (Wildman–Crippen MR) is 126 cm³/mol. The quantitative estimate of drug-likeness (QED) is 0.277. The lowest BCUT2D eigenvalue weighted by atomic mass is 10.0. The number of anilines is 1. The van der Waals surface area contributed by atoms with E-state index in [9.17, 15) is 4.39 Å². The Kier molecular flexibility index (Phi) is 7.06. The Morgan fingerprint density at radius 2 is 1.88 bits per heavy atom. The van der Waals surface area contributed by atoms with Gasteiger partial charge in [-0.3, -0.25) is 0 Å². The largest absolute Gasteiger partial charge is 0.360 e. The van der Waals surface area contributed by atoms with E-state index in [2.05, 4.69) is 15.3 Å². The molecule has 0 saturated heterocycles. The van der Waals surface area contributed by atoms with Gasteiger partial charge in [0.05, 0.1) is 10.9 Å². The minimum atomic E-state index is -0.492. The maximum Gasteiger partial charge on any atom is 0.213 e. The first-order valence-electron chi connectivity index (χ1n) is 10.2. The van der Waals surface area contributed by atoms with Gasteiger partial charge in [-0.05, 0) is 29.5 Å². The summed E-state index contributed by atoms with van der Waals surface area (Å²) in [4.78, 5) is 9.14. The average molecular weight is 453 g/mol. The van der Waals surface area contributed by atoms with Gasteiger partial charge in [-0.25, -0.2) is 9.97 Å². The van der Waals surface area contributed by atoms with Crippen LogP contribution in [0.2, 0.25) is 0 Å². The Morgan fingerprint density at radius 3 is 2.66 bits per heavy atom. The molecule has 8 heteroatoms. The topological polar surface area (TPSA) is 82.3 Å². The Balaban J connectivity index is 1.45. The van der Waals surface area contributed by atoms with Crippen molar-refractivity contribution in [1.82, 2.24) is 9.97 Å². The lowest BCUT2D eigenvalue weighted by Crippen LogP contribution is -2.37. The summed E-state index contributed by atoms with van der Waals surface area (Å²) >= 11 is 1.52. The second-order valence-corrected chi connectivity index (χ2v) is 8.58. The van der Waals surface area contributed by atoms with Gasteiger partial charge in [0.25, 0.3) is 0 Å². The number of methoxy groups -OCH3 is 1. The summed E-state index contributed by atoms with van der Waals surface area (Å²) in [7, 11) is 1.59. The molecule has 2 atom stereocenters. The molecule has 166 valence electrons. The molecular formula is C24H25FN4O2S. The zero-order valence-corrected chi connectivity index (χ0v) is 18.7. The number of rotatable bonds is 9. The number of aryl methyl sites for hydroxylation is 1. The first kappa shape index (κ1) is 22.3. The lowest BCUT2D eigenvalue weighted by Gasteiger charge is -2.24. The molecule has 32 heavy (non-hydrogen) atoms. The smallest absolute Gasteiger partial charge is 0.213 e. The molecule has 0 aliphatic rings. The van der Waals surface area contributed by atoms with Crippen LogP contribution in [-0.4, -0.2) is 36.5 Å². The molecule has 0 radical (unpaired) electrons. The fourth-order valence-electron chi connectivity index (χ4n) is 3.43. The van der Waals surface area contributed by atoms with Crippen LogP contribution in [0, 0.1) is 12.9 Å². The second kappa shape index (κ2) is 10.1. The highest BCUT2D eigenvalue weighted by Crippen LogP contribution is 2.31. The first-order chi connectivity index (χ1) is 15.5. The van der Waals surface area contributed by atoms with Crippen molar-refractivity contribution >= 4 is 27.2 Å². The summed E-state index contributed by atoms with van der Waals surface area (Å²) < 4.78 is 24.4. The van der Waals surface area contributed by atoms with Gasteiger partial charge in [-0.1, -0.05) is 53.3 Å². The van der Waals surface area contributed by atoms with Crippen LogP contribution >= 0.6 is 11.3 Å². The summed E-state index contributed by atoms with van der Waals surface area (Å²) in [6.07, 6.45) is 3.02. The highest BCUT2D eigenvalue weighted by Gasteiger charge is 2.21. The van der Waals surface area contributed by atoms with Crippen molar-refractivity contribution in [2.75, 3.05) is 25.8 Å². The third kappa shape index (κ3) is 5.28. The second-order valence-electron chi connectivity index (χ2n) is 7.55. The van der Waals surface area contributed by atoms with Gasteiger partial charge < -0.3 is 20.5 Å². The molecule has 6 nitrogen and oxygen atoms in total. The number of nitrogens with two attached hydrogens (primary N) is 1. The Labute approximate surface area is 190 Å². The molecule has 2 aromatic heterocycles. The van der Waals surface area contributed by atoms with Crippen LogP contribution < -0.4 is 11.1 Å². The van der Waals surface area contributed by atoms with Gasteiger partial charge in [-0.2, -0.15) is 4.39 Å². The van der Waals surface area contributed by atoms with Crippen molar-refractivity contribution in [2.24, 2.45) is 5.73 Å². The summed E-state index contributed by atoms with van der Waals surface area (Å²) in [5.41, 5.74) is 9.61. The van der Waals surface area contributed by atoms with Crippen LogP contribution in [-0.2, 0) is 9.47 Å². The van der Waals surface area contributed by atoms with Gasteiger partial charge in [0.2, 0.25) is 5.95 Å². The van der Waals surface area contributed by atoms with E-state index in [4.69, 9.17) is 15.2 Å². The maximum absolute atomic E-state index is 13.5. The molecule has 3 N–H and O–H groups in total. The third-order valence-electron chi connectivity index (χ3n) is 5.13. The fourth-order valence-corrected chi connectivity index (χ4v) is 4.25. The number of benzene rings is 2. The molecule has 2 heterocycles. The van der Waals surface area contributed by atoms with E-state index in [1.54, 1.807) is 13.3 Å². The summed E-state index contributed by atoms with van der Waals surface area (Å²) in [6.45, 7) is 2.68. The molecule has 0 bridgehead atoms. The van der Waals surface area contributed by atoms with Crippen molar-refractivity contribution in [3.05, 3.63) is 78.0 Å². The first-order valence-corrected chi connectivity index (χ1v) is 11.0. The number of aromatic nitrogens is 2. The fraction of sp³-hybridized carbons (Fsp3) is 0.250. The zero-order valence-electron chi connectivity index (χ0n) is 17.9. The van der Waals surface area contributed by atoms with E-state index >= 15 is 0 Å². The molecule has 0 aliphatic carbocycles. The molecule has 0 unspecified atom stereocenters. The summed E-state index contributed by atoms with van der Waals surface area (Å²) in [5, 5.41) is 5.76. The zero-order chi connectivity index (χ0) is 22.5. The van der Waals surface area contributed by atoms with E-state index in [1.807, 2.05) is 49.4 Å². The average Bonchev–Trinajstić information content (AvgIpc) is 3.27. The van der Waals surface area contributed by atoms with Crippen LogP contribution in [0.15, 0.2) is 60.9 Å². The van der Waals surface area contributed by atoms with Crippen LogP contribution in [0.3, 0.4) is 0 Å². The number of nitrogens with one attached hydrogen (secondary N) is 1. The minimum absolute atomic E-state index is 0.158. The number of thiazole rings is 1. The van der Waals surface area contributed by atoms with Crippen molar-refractivity contribution in [2.45, 2.75) is 19.1 Å². The van der Waals surface area contributed by atoms with Crippen molar-refractivity contribution in [1.29, 1.82) is 0 Å². The Morgan fingerprint density at radius 1 is 1.06 bits per heavy atom. The van der Waals surface area contributed by atoms with Crippen molar-refractivity contribution < 1.29 is 13.9 Å². The van der Waals surface area contributed by atoms with Crippen LogP contribution in [0.25, 0.3) is 21.2 Å². The third-order valence-corrected chi connectivity index (χ3v) is 6.13. The Hall–Kier alpha value is -2.91. The monoisotopic (exact) mass is 452 g/mol. The molecule has 0 amide bonds. The van der Waals surface area contributed by atoms with Crippen molar-refractivity contribution in [3.8, 4) is 10.4 Å². The van der Waals surface area contributed by atoms with Gasteiger partial charge in [0.1, 0.15) is 12.9 Å². The molecule has 0 fully saturated rings. The van der Waals surface area contributed by atoms with E-state index in [-0.39, 0.29) is 18.9 Å². The number of ether oxygens (including phenoxy) is 2.